The van der Waals surface area contributed by atoms with Crippen molar-refractivity contribution in [2.45, 2.75) is 32.7 Å². The third-order valence-electron chi connectivity index (χ3n) is 3.24. The van der Waals surface area contributed by atoms with E-state index in [1.54, 1.807) is 7.05 Å². The van der Waals surface area contributed by atoms with Gasteiger partial charge in [-0.1, -0.05) is 6.92 Å². The molecule has 0 aromatic rings. The van der Waals surface area contributed by atoms with Crippen LogP contribution in [0.15, 0.2) is 0 Å². The second-order valence-electron chi connectivity index (χ2n) is 4.93. The van der Waals surface area contributed by atoms with Crippen LogP contribution in [-0.2, 0) is 4.79 Å². The number of piperidine rings is 1. The summed E-state index contributed by atoms with van der Waals surface area (Å²) in [5.74, 6) is 0.878. The lowest BCUT2D eigenvalue weighted by Gasteiger charge is -2.35. The lowest BCUT2D eigenvalue weighted by atomic mass is 9.99. The maximum atomic E-state index is 11.3. The molecular weight excluding hydrogens is 202 g/mol. The van der Waals surface area contributed by atoms with E-state index in [2.05, 4.69) is 29.4 Å². The molecule has 0 bridgehead atoms. The highest BCUT2D eigenvalue weighted by Gasteiger charge is 2.20. The molecule has 2 unspecified atom stereocenters. The minimum absolute atomic E-state index is 0.0828. The first-order chi connectivity index (χ1) is 7.63. The summed E-state index contributed by atoms with van der Waals surface area (Å²) in [6.45, 7) is 8.00. The minimum atomic E-state index is 0.0828. The summed E-state index contributed by atoms with van der Waals surface area (Å²) in [6.07, 6.45) is 2.63. The normalized spacial score (nSPS) is 24.1. The topological polar surface area (TPSA) is 44.4 Å². The summed E-state index contributed by atoms with van der Waals surface area (Å²) in [7, 11) is 1.79. The Morgan fingerprint density at radius 1 is 1.56 bits per heavy atom. The predicted molar refractivity (Wildman–Crippen MR) is 66.4 cm³/mol. The first-order valence-electron chi connectivity index (χ1n) is 6.28. The van der Waals surface area contributed by atoms with Gasteiger partial charge < -0.3 is 10.6 Å². The SMILES string of the molecule is CNCC(=O)NCC(C)N1CCCC(C)C1. The molecular formula is C12H25N3O. The van der Waals surface area contributed by atoms with Crippen LogP contribution in [0.5, 0.6) is 0 Å². The number of nitrogens with one attached hydrogen (secondary N) is 2. The average molecular weight is 227 g/mol. The average Bonchev–Trinajstić information content (AvgIpc) is 2.26. The van der Waals surface area contributed by atoms with Gasteiger partial charge in [-0.05, 0) is 39.3 Å². The zero-order valence-electron chi connectivity index (χ0n) is 10.8. The van der Waals surface area contributed by atoms with Crippen LogP contribution >= 0.6 is 0 Å². The van der Waals surface area contributed by atoms with E-state index in [0.717, 1.165) is 12.5 Å². The van der Waals surface area contributed by atoms with Crippen LogP contribution in [0.4, 0.5) is 0 Å². The van der Waals surface area contributed by atoms with Crippen LogP contribution in [0.1, 0.15) is 26.7 Å². The molecule has 0 saturated carbocycles. The van der Waals surface area contributed by atoms with Crippen LogP contribution < -0.4 is 10.6 Å². The van der Waals surface area contributed by atoms with Crippen molar-refractivity contribution < 1.29 is 4.79 Å². The van der Waals surface area contributed by atoms with Gasteiger partial charge in [-0.25, -0.2) is 0 Å². The Kier molecular flexibility index (Phi) is 5.77. The zero-order valence-corrected chi connectivity index (χ0v) is 10.8. The molecule has 4 nitrogen and oxygen atoms in total. The second-order valence-corrected chi connectivity index (χ2v) is 4.93. The van der Waals surface area contributed by atoms with Gasteiger partial charge in [-0.3, -0.25) is 9.69 Å². The Morgan fingerprint density at radius 2 is 2.31 bits per heavy atom. The molecule has 1 aliphatic heterocycles. The molecule has 0 aromatic heterocycles. The summed E-state index contributed by atoms with van der Waals surface area (Å²) >= 11 is 0. The lowest BCUT2D eigenvalue weighted by molar-refractivity contribution is -0.120. The first kappa shape index (κ1) is 13.5. The van der Waals surface area contributed by atoms with Gasteiger partial charge in [0.25, 0.3) is 0 Å². The van der Waals surface area contributed by atoms with Crippen LogP contribution in [0.25, 0.3) is 0 Å². The van der Waals surface area contributed by atoms with Gasteiger partial charge in [0.2, 0.25) is 5.91 Å². The fraction of sp³-hybridized carbons (Fsp3) is 0.917. The maximum Gasteiger partial charge on any atom is 0.234 e. The molecule has 2 atom stereocenters. The summed E-state index contributed by atoms with van der Waals surface area (Å²) < 4.78 is 0. The smallest absolute Gasteiger partial charge is 0.234 e. The van der Waals surface area contributed by atoms with Crippen LogP contribution in [0, 0.1) is 5.92 Å². The van der Waals surface area contributed by atoms with E-state index >= 15 is 0 Å². The lowest BCUT2D eigenvalue weighted by Crippen LogP contribution is -2.47. The minimum Gasteiger partial charge on any atom is -0.353 e. The molecule has 0 spiro atoms. The summed E-state index contributed by atoms with van der Waals surface area (Å²) in [5.41, 5.74) is 0. The Hall–Kier alpha value is -0.610. The molecule has 1 heterocycles. The number of likely N-dealkylation sites (tertiary alicyclic amines) is 1. The molecule has 2 N–H and O–H groups in total. The van der Waals surface area contributed by atoms with E-state index < -0.39 is 0 Å². The summed E-state index contributed by atoms with van der Waals surface area (Å²) in [4.78, 5) is 13.8. The summed E-state index contributed by atoms with van der Waals surface area (Å²) in [5, 5.41) is 5.80. The Bertz CT molecular complexity index is 220. The van der Waals surface area contributed by atoms with E-state index in [4.69, 9.17) is 0 Å². The quantitative estimate of drug-likeness (QED) is 0.716. The predicted octanol–water partition coefficient (Wildman–Crippen LogP) is 0.442. The van der Waals surface area contributed by atoms with Gasteiger partial charge in [0.1, 0.15) is 0 Å². The Morgan fingerprint density at radius 3 is 2.94 bits per heavy atom. The van der Waals surface area contributed by atoms with E-state index in [1.165, 1.54) is 25.9 Å². The monoisotopic (exact) mass is 227 g/mol. The first-order valence-corrected chi connectivity index (χ1v) is 6.28. The fourth-order valence-electron chi connectivity index (χ4n) is 2.24. The number of carbonyl (C=O) groups excluding carboxylic acids is 1. The van der Waals surface area contributed by atoms with Crippen molar-refractivity contribution in [1.29, 1.82) is 0 Å². The number of amides is 1. The third kappa shape index (κ3) is 4.49. The molecule has 16 heavy (non-hydrogen) atoms. The zero-order chi connectivity index (χ0) is 12.0. The fourth-order valence-corrected chi connectivity index (χ4v) is 2.24. The van der Waals surface area contributed by atoms with Crippen molar-refractivity contribution in [3.05, 3.63) is 0 Å². The molecule has 1 saturated heterocycles. The molecule has 1 fully saturated rings. The Labute approximate surface area is 98.8 Å². The molecule has 1 amide bonds. The molecule has 1 aliphatic rings. The van der Waals surface area contributed by atoms with Gasteiger partial charge >= 0.3 is 0 Å². The highest BCUT2D eigenvalue weighted by Crippen LogP contribution is 2.17. The van der Waals surface area contributed by atoms with Gasteiger partial charge in [0.05, 0.1) is 6.54 Å². The highest BCUT2D eigenvalue weighted by atomic mass is 16.1. The molecule has 0 radical (unpaired) electrons. The maximum absolute atomic E-state index is 11.3. The van der Waals surface area contributed by atoms with Crippen LogP contribution in [0.3, 0.4) is 0 Å². The number of likely N-dealkylation sites (N-methyl/N-ethyl adjacent to an activating group) is 1. The van der Waals surface area contributed by atoms with Crippen molar-refractivity contribution in [1.82, 2.24) is 15.5 Å². The van der Waals surface area contributed by atoms with E-state index in [0.29, 0.717) is 12.6 Å². The van der Waals surface area contributed by atoms with Gasteiger partial charge in [0, 0.05) is 19.1 Å². The number of carbonyl (C=O) groups is 1. The van der Waals surface area contributed by atoms with E-state index in [-0.39, 0.29) is 5.91 Å². The van der Waals surface area contributed by atoms with E-state index in [1.807, 2.05) is 0 Å². The molecule has 0 aromatic carbocycles. The number of hydrogen-bond acceptors (Lipinski definition) is 3. The molecule has 1 rings (SSSR count). The van der Waals surface area contributed by atoms with Crippen LogP contribution in [0.2, 0.25) is 0 Å². The van der Waals surface area contributed by atoms with Crippen molar-refractivity contribution in [3.8, 4) is 0 Å². The third-order valence-corrected chi connectivity index (χ3v) is 3.24. The highest BCUT2D eigenvalue weighted by molar-refractivity contribution is 5.77. The number of hydrogen-bond donors (Lipinski definition) is 2. The van der Waals surface area contributed by atoms with Crippen molar-refractivity contribution in [3.63, 3.8) is 0 Å². The standard InChI is InChI=1S/C12H25N3O/c1-10-5-4-6-15(9-10)11(2)7-14-12(16)8-13-3/h10-11,13H,4-9H2,1-3H3,(H,14,16). The largest absolute Gasteiger partial charge is 0.353 e. The van der Waals surface area contributed by atoms with Gasteiger partial charge in [-0.2, -0.15) is 0 Å². The van der Waals surface area contributed by atoms with Gasteiger partial charge in [0.15, 0.2) is 0 Å². The Balaban J connectivity index is 2.23. The van der Waals surface area contributed by atoms with Crippen LogP contribution in [-0.4, -0.2) is 50.1 Å². The summed E-state index contributed by atoms with van der Waals surface area (Å²) in [6, 6.07) is 0.448. The van der Waals surface area contributed by atoms with Crippen molar-refractivity contribution >= 4 is 5.91 Å². The number of nitrogens with zero attached hydrogens (tertiary/aromatic N) is 1. The van der Waals surface area contributed by atoms with E-state index in [9.17, 15) is 4.79 Å². The number of rotatable bonds is 5. The molecule has 94 valence electrons. The van der Waals surface area contributed by atoms with Crippen molar-refractivity contribution in [2.75, 3.05) is 33.2 Å². The van der Waals surface area contributed by atoms with Crippen molar-refractivity contribution in [2.24, 2.45) is 5.92 Å². The molecule has 4 heteroatoms. The van der Waals surface area contributed by atoms with Gasteiger partial charge in [-0.15, -0.1) is 0 Å². The second kappa shape index (κ2) is 6.86. The molecule has 0 aliphatic carbocycles.